The summed E-state index contributed by atoms with van der Waals surface area (Å²) in [5, 5.41) is 4.08. The molecule has 3 rings (SSSR count). The van der Waals surface area contributed by atoms with Crippen molar-refractivity contribution in [3.63, 3.8) is 0 Å². The summed E-state index contributed by atoms with van der Waals surface area (Å²) in [6, 6.07) is 7.08. The van der Waals surface area contributed by atoms with Crippen LogP contribution in [0.4, 0.5) is 10.1 Å². The van der Waals surface area contributed by atoms with Crippen LogP contribution >= 0.6 is 11.3 Å². The quantitative estimate of drug-likeness (QED) is 0.772. The highest BCUT2D eigenvalue weighted by Gasteiger charge is 2.32. The lowest BCUT2D eigenvalue weighted by atomic mass is 10.1. The fourth-order valence-electron chi connectivity index (χ4n) is 2.29. The van der Waals surface area contributed by atoms with Crippen LogP contribution in [0.15, 0.2) is 35.0 Å². The van der Waals surface area contributed by atoms with E-state index in [1.165, 1.54) is 6.07 Å². The standard InChI is InChI=1S/C15H14FNOS/c16-14-3-1-2-12(9-18)15(14)17(13-4-5-13)8-11-6-7-19-10-11/h1-3,6-7,9-10,13H,4-5,8H2. The number of hydrogen-bond acceptors (Lipinski definition) is 3. The first-order valence-corrected chi connectivity index (χ1v) is 7.25. The molecule has 1 aliphatic rings. The second-order valence-electron chi connectivity index (χ2n) is 4.79. The molecule has 0 radical (unpaired) electrons. The largest absolute Gasteiger partial charge is 0.361 e. The van der Waals surface area contributed by atoms with Crippen LogP contribution in [-0.4, -0.2) is 12.3 Å². The van der Waals surface area contributed by atoms with E-state index in [2.05, 4.69) is 5.38 Å². The maximum atomic E-state index is 14.1. The number of anilines is 1. The summed E-state index contributed by atoms with van der Waals surface area (Å²) < 4.78 is 14.1. The van der Waals surface area contributed by atoms with E-state index in [1.807, 2.05) is 16.3 Å². The Morgan fingerprint density at radius 2 is 2.21 bits per heavy atom. The number of aldehydes is 1. The normalized spacial score (nSPS) is 14.4. The van der Waals surface area contributed by atoms with Gasteiger partial charge in [0.1, 0.15) is 5.82 Å². The predicted molar refractivity (Wildman–Crippen MR) is 75.3 cm³/mol. The predicted octanol–water partition coefficient (Wildman–Crippen LogP) is 3.87. The molecule has 98 valence electrons. The minimum Gasteiger partial charge on any atom is -0.361 e. The maximum absolute atomic E-state index is 14.1. The number of benzene rings is 1. The van der Waals surface area contributed by atoms with Crippen LogP contribution in [0, 0.1) is 5.82 Å². The first kappa shape index (κ1) is 12.4. The van der Waals surface area contributed by atoms with Crippen molar-refractivity contribution in [1.82, 2.24) is 0 Å². The summed E-state index contributed by atoms with van der Waals surface area (Å²) in [6.07, 6.45) is 2.87. The van der Waals surface area contributed by atoms with Gasteiger partial charge >= 0.3 is 0 Å². The average molecular weight is 275 g/mol. The molecule has 0 aliphatic heterocycles. The van der Waals surface area contributed by atoms with Crippen molar-refractivity contribution >= 4 is 23.3 Å². The molecule has 0 bridgehead atoms. The van der Waals surface area contributed by atoms with Crippen molar-refractivity contribution in [1.29, 1.82) is 0 Å². The average Bonchev–Trinajstić information content (AvgIpc) is 3.14. The van der Waals surface area contributed by atoms with E-state index in [0.717, 1.165) is 24.7 Å². The van der Waals surface area contributed by atoms with Crippen molar-refractivity contribution in [3.8, 4) is 0 Å². The van der Waals surface area contributed by atoms with Gasteiger partial charge in [-0.15, -0.1) is 0 Å². The number of thiophene rings is 1. The maximum Gasteiger partial charge on any atom is 0.152 e. The highest BCUT2D eigenvalue weighted by molar-refractivity contribution is 7.07. The molecule has 1 heterocycles. The van der Waals surface area contributed by atoms with Gasteiger partial charge < -0.3 is 4.90 Å². The van der Waals surface area contributed by atoms with Gasteiger partial charge in [-0.3, -0.25) is 4.79 Å². The van der Waals surface area contributed by atoms with Gasteiger partial charge in [0.2, 0.25) is 0 Å². The monoisotopic (exact) mass is 275 g/mol. The van der Waals surface area contributed by atoms with E-state index in [4.69, 9.17) is 0 Å². The summed E-state index contributed by atoms with van der Waals surface area (Å²) in [4.78, 5) is 13.2. The molecule has 0 amide bonds. The zero-order valence-corrected chi connectivity index (χ0v) is 11.2. The molecule has 1 saturated carbocycles. The van der Waals surface area contributed by atoms with E-state index in [-0.39, 0.29) is 5.82 Å². The highest BCUT2D eigenvalue weighted by Crippen LogP contribution is 2.36. The smallest absolute Gasteiger partial charge is 0.152 e. The second kappa shape index (κ2) is 5.13. The fraction of sp³-hybridized carbons (Fsp3) is 0.267. The molecule has 0 saturated heterocycles. The SMILES string of the molecule is O=Cc1cccc(F)c1N(Cc1ccsc1)C1CC1. The van der Waals surface area contributed by atoms with E-state index >= 15 is 0 Å². The third-order valence-electron chi connectivity index (χ3n) is 3.35. The molecule has 1 fully saturated rings. The van der Waals surface area contributed by atoms with Crippen molar-refractivity contribution in [2.45, 2.75) is 25.4 Å². The van der Waals surface area contributed by atoms with Crippen LogP contribution in [0.2, 0.25) is 0 Å². The van der Waals surface area contributed by atoms with Crippen LogP contribution in [0.1, 0.15) is 28.8 Å². The van der Waals surface area contributed by atoms with Gasteiger partial charge in [0.05, 0.1) is 5.69 Å². The number of rotatable bonds is 5. The lowest BCUT2D eigenvalue weighted by molar-refractivity contribution is 0.112. The minimum atomic E-state index is -0.313. The lowest BCUT2D eigenvalue weighted by Crippen LogP contribution is -2.27. The Labute approximate surface area is 115 Å². The van der Waals surface area contributed by atoms with Gasteiger partial charge in [0.15, 0.2) is 6.29 Å². The molecule has 1 aromatic carbocycles. The molecule has 0 unspecified atom stereocenters. The van der Waals surface area contributed by atoms with Crippen molar-refractivity contribution in [3.05, 3.63) is 52.0 Å². The number of halogens is 1. The number of hydrogen-bond donors (Lipinski definition) is 0. The van der Waals surface area contributed by atoms with Crippen LogP contribution in [0.25, 0.3) is 0 Å². The third-order valence-corrected chi connectivity index (χ3v) is 4.08. The van der Waals surface area contributed by atoms with Crippen molar-refractivity contribution in [2.75, 3.05) is 4.90 Å². The van der Waals surface area contributed by atoms with Gasteiger partial charge in [-0.05, 0) is 47.4 Å². The lowest BCUT2D eigenvalue weighted by Gasteiger charge is -2.26. The number of carbonyl (C=O) groups excluding carboxylic acids is 1. The van der Waals surface area contributed by atoms with Crippen LogP contribution in [0.5, 0.6) is 0 Å². The molecule has 2 aromatic rings. The zero-order chi connectivity index (χ0) is 13.2. The summed E-state index contributed by atoms with van der Waals surface area (Å²) in [7, 11) is 0. The number of nitrogens with zero attached hydrogens (tertiary/aromatic N) is 1. The molecule has 1 aliphatic carbocycles. The zero-order valence-electron chi connectivity index (χ0n) is 10.4. The Morgan fingerprint density at radius 1 is 1.37 bits per heavy atom. The molecule has 19 heavy (non-hydrogen) atoms. The van der Waals surface area contributed by atoms with Gasteiger partial charge in [-0.1, -0.05) is 6.07 Å². The minimum absolute atomic E-state index is 0.313. The fourth-order valence-corrected chi connectivity index (χ4v) is 2.95. The Kier molecular flexibility index (Phi) is 3.34. The summed E-state index contributed by atoms with van der Waals surface area (Å²) >= 11 is 1.63. The topological polar surface area (TPSA) is 20.3 Å². The van der Waals surface area contributed by atoms with Crippen molar-refractivity contribution in [2.24, 2.45) is 0 Å². The third kappa shape index (κ3) is 2.54. The molecule has 0 N–H and O–H groups in total. The summed E-state index contributed by atoms with van der Waals surface area (Å²) in [5.74, 6) is -0.313. The van der Waals surface area contributed by atoms with Gasteiger partial charge in [-0.2, -0.15) is 11.3 Å². The number of carbonyl (C=O) groups is 1. The highest BCUT2D eigenvalue weighted by atomic mass is 32.1. The van der Waals surface area contributed by atoms with Gasteiger partial charge in [0, 0.05) is 18.2 Å². The molecular formula is C15H14FNOS. The Morgan fingerprint density at radius 3 is 2.84 bits per heavy atom. The Bertz CT molecular complexity index is 578. The van der Waals surface area contributed by atoms with Gasteiger partial charge in [-0.25, -0.2) is 4.39 Å². The molecule has 2 nitrogen and oxygen atoms in total. The van der Waals surface area contributed by atoms with E-state index in [9.17, 15) is 9.18 Å². The van der Waals surface area contributed by atoms with E-state index in [0.29, 0.717) is 23.8 Å². The molecule has 0 atom stereocenters. The summed E-state index contributed by atoms with van der Waals surface area (Å²) in [5.41, 5.74) is 2.05. The molecule has 1 aromatic heterocycles. The first-order valence-electron chi connectivity index (χ1n) is 6.31. The van der Waals surface area contributed by atoms with Crippen LogP contribution in [0.3, 0.4) is 0 Å². The van der Waals surface area contributed by atoms with Crippen molar-refractivity contribution < 1.29 is 9.18 Å². The summed E-state index contributed by atoms with van der Waals surface area (Å²) in [6.45, 7) is 0.663. The van der Waals surface area contributed by atoms with E-state index < -0.39 is 0 Å². The first-order chi connectivity index (χ1) is 9.29. The molecule has 4 heteroatoms. The second-order valence-corrected chi connectivity index (χ2v) is 5.57. The van der Waals surface area contributed by atoms with Crippen LogP contribution in [-0.2, 0) is 6.54 Å². The Hall–Kier alpha value is -1.68. The molecular weight excluding hydrogens is 261 g/mol. The van der Waals surface area contributed by atoms with E-state index in [1.54, 1.807) is 23.5 Å². The molecule has 0 spiro atoms. The number of para-hydroxylation sites is 1. The van der Waals surface area contributed by atoms with Gasteiger partial charge in [0.25, 0.3) is 0 Å². The Balaban J connectivity index is 1.98. The van der Waals surface area contributed by atoms with Crippen LogP contribution < -0.4 is 4.90 Å².